The van der Waals surface area contributed by atoms with E-state index in [2.05, 4.69) is 10.4 Å². The molecule has 1 aromatic carbocycles. The van der Waals surface area contributed by atoms with Crippen LogP contribution in [-0.2, 0) is 13.5 Å². The summed E-state index contributed by atoms with van der Waals surface area (Å²) in [6.45, 7) is 2.04. The molecule has 0 bridgehead atoms. The van der Waals surface area contributed by atoms with Gasteiger partial charge in [0.2, 0.25) is 0 Å². The van der Waals surface area contributed by atoms with Crippen LogP contribution in [0.5, 0.6) is 0 Å². The van der Waals surface area contributed by atoms with E-state index in [0.717, 1.165) is 23.2 Å². The Bertz CT molecular complexity index is 534. The van der Waals surface area contributed by atoms with E-state index in [1.165, 1.54) is 6.07 Å². The van der Waals surface area contributed by atoms with Crippen LogP contribution >= 0.6 is 0 Å². The first kappa shape index (κ1) is 12.8. The monoisotopic (exact) mass is 247 g/mol. The second kappa shape index (κ2) is 5.31. The van der Waals surface area contributed by atoms with E-state index in [-0.39, 0.29) is 11.9 Å². The number of hydrogen-bond acceptors (Lipinski definition) is 2. The van der Waals surface area contributed by atoms with Crippen molar-refractivity contribution in [3.63, 3.8) is 0 Å². The average Bonchev–Trinajstić information content (AvgIpc) is 2.67. The topological polar surface area (TPSA) is 29.9 Å². The van der Waals surface area contributed by atoms with Gasteiger partial charge in [-0.05, 0) is 38.1 Å². The van der Waals surface area contributed by atoms with Crippen molar-refractivity contribution in [1.29, 1.82) is 0 Å². The predicted molar refractivity (Wildman–Crippen MR) is 69.8 cm³/mol. The van der Waals surface area contributed by atoms with Crippen LogP contribution in [0.15, 0.2) is 30.5 Å². The molecule has 1 unspecified atom stereocenters. The summed E-state index contributed by atoms with van der Waals surface area (Å²) >= 11 is 0. The van der Waals surface area contributed by atoms with Crippen molar-refractivity contribution in [1.82, 2.24) is 15.1 Å². The Morgan fingerprint density at radius 3 is 2.78 bits per heavy atom. The van der Waals surface area contributed by atoms with E-state index in [0.29, 0.717) is 0 Å². The molecule has 2 aromatic rings. The van der Waals surface area contributed by atoms with Crippen LogP contribution in [0.3, 0.4) is 0 Å². The third-order valence-electron chi connectivity index (χ3n) is 3.33. The standard InChI is InChI=1S/C14H18FN3/c1-10-13(9-17-18(10)3)14(16-2)8-11-5-4-6-12(15)7-11/h4-7,9,14,16H,8H2,1-3H3. The highest BCUT2D eigenvalue weighted by molar-refractivity contribution is 5.25. The van der Waals surface area contributed by atoms with Crippen LogP contribution in [0.2, 0.25) is 0 Å². The number of aryl methyl sites for hydroxylation is 1. The molecule has 4 heteroatoms. The second-order valence-electron chi connectivity index (χ2n) is 4.48. The smallest absolute Gasteiger partial charge is 0.123 e. The first-order valence-corrected chi connectivity index (χ1v) is 6.02. The molecule has 1 aromatic heterocycles. The highest BCUT2D eigenvalue weighted by atomic mass is 19.1. The Kier molecular flexibility index (Phi) is 3.77. The average molecular weight is 247 g/mol. The van der Waals surface area contributed by atoms with Crippen molar-refractivity contribution in [3.05, 3.63) is 53.1 Å². The summed E-state index contributed by atoms with van der Waals surface area (Å²) in [5.74, 6) is -0.190. The summed E-state index contributed by atoms with van der Waals surface area (Å²) in [6.07, 6.45) is 2.62. The third kappa shape index (κ3) is 2.59. The largest absolute Gasteiger partial charge is 0.313 e. The van der Waals surface area contributed by atoms with Gasteiger partial charge in [0.25, 0.3) is 0 Å². The van der Waals surface area contributed by atoms with Gasteiger partial charge in [0.1, 0.15) is 5.82 Å². The normalized spacial score (nSPS) is 12.7. The zero-order chi connectivity index (χ0) is 13.1. The molecule has 1 heterocycles. The molecule has 0 radical (unpaired) electrons. The predicted octanol–water partition coefficient (Wildman–Crippen LogP) is 2.37. The van der Waals surface area contributed by atoms with Crippen molar-refractivity contribution in [3.8, 4) is 0 Å². The first-order valence-electron chi connectivity index (χ1n) is 6.02. The fourth-order valence-electron chi connectivity index (χ4n) is 2.12. The number of aromatic nitrogens is 2. The minimum atomic E-state index is -0.190. The van der Waals surface area contributed by atoms with Gasteiger partial charge < -0.3 is 5.32 Å². The summed E-state index contributed by atoms with van der Waals surface area (Å²) in [4.78, 5) is 0. The summed E-state index contributed by atoms with van der Waals surface area (Å²) in [6, 6.07) is 6.89. The number of hydrogen-bond donors (Lipinski definition) is 1. The molecule has 0 fully saturated rings. The quantitative estimate of drug-likeness (QED) is 0.899. The molecular formula is C14H18FN3. The van der Waals surface area contributed by atoms with E-state index in [9.17, 15) is 4.39 Å². The van der Waals surface area contributed by atoms with Crippen molar-refractivity contribution in [2.75, 3.05) is 7.05 Å². The van der Waals surface area contributed by atoms with E-state index >= 15 is 0 Å². The van der Waals surface area contributed by atoms with Crippen LogP contribution in [0.25, 0.3) is 0 Å². The van der Waals surface area contributed by atoms with Gasteiger partial charge in [-0.25, -0.2) is 4.39 Å². The van der Waals surface area contributed by atoms with Gasteiger partial charge in [0.05, 0.1) is 6.20 Å². The van der Waals surface area contributed by atoms with Gasteiger partial charge in [-0.3, -0.25) is 4.68 Å². The molecule has 2 rings (SSSR count). The fraction of sp³-hybridized carbons (Fsp3) is 0.357. The zero-order valence-electron chi connectivity index (χ0n) is 10.9. The lowest BCUT2D eigenvalue weighted by Crippen LogP contribution is -2.19. The zero-order valence-corrected chi connectivity index (χ0v) is 10.9. The van der Waals surface area contributed by atoms with Crippen molar-refractivity contribution in [2.45, 2.75) is 19.4 Å². The molecule has 0 aliphatic rings. The second-order valence-corrected chi connectivity index (χ2v) is 4.48. The molecule has 0 saturated carbocycles. The van der Waals surface area contributed by atoms with Gasteiger partial charge in [0, 0.05) is 24.3 Å². The lowest BCUT2D eigenvalue weighted by molar-refractivity contribution is 0.580. The molecule has 3 nitrogen and oxygen atoms in total. The molecule has 0 amide bonds. The molecule has 0 spiro atoms. The maximum atomic E-state index is 13.2. The van der Waals surface area contributed by atoms with Crippen LogP contribution in [0.4, 0.5) is 4.39 Å². The molecule has 1 N–H and O–H groups in total. The van der Waals surface area contributed by atoms with Crippen LogP contribution in [0.1, 0.15) is 22.9 Å². The Morgan fingerprint density at radius 2 is 2.22 bits per heavy atom. The van der Waals surface area contributed by atoms with E-state index in [4.69, 9.17) is 0 Å². The Hall–Kier alpha value is -1.68. The lowest BCUT2D eigenvalue weighted by atomic mass is 9.99. The summed E-state index contributed by atoms with van der Waals surface area (Å²) in [7, 11) is 3.84. The molecule has 0 saturated heterocycles. The summed E-state index contributed by atoms with van der Waals surface area (Å²) < 4.78 is 15.0. The molecule has 96 valence electrons. The van der Waals surface area contributed by atoms with Crippen LogP contribution in [0, 0.1) is 12.7 Å². The maximum absolute atomic E-state index is 13.2. The first-order chi connectivity index (χ1) is 8.61. The van der Waals surface area contributed by atoms with E-state index < -0.39 is 0 Å². The van der Waals surface area contributed by atoms with E-state index in [1.54, 1.807) is 12.1 Å². The minimum absolute atomic E-state index is 0.153. The van der Waals surface area contributed by atoms with Crippen LogP contribution < -0.4 is 5.32 Å². The number of benzene rings is 1. The minimum Gasteiger partial charge on any atom is -0.313 e. The molecular weight excluding hydrogens is 229 g/mol. The van der Waals surface area contributed by atoms with Gasteiger partial charge in [0.15, 0.2) is 0 Å². The van der Waals surface area contributed by atoms with Gasteiger partial charge in [-0.1, -0.05) is 12.1 Å². The maximum Gasteiger partial charge on any atom is 0.123 e. The number of likely N-dealkylation sites (N-methyl/N-ethyl adjacent to an activating group) is 1. The molecule has 1 atom stereocenters. The highest BCUT2D eigenvalue weighted by Gasteiger charge is 2.15. The SMILES string of the molecule is CNC(Cc1cccc(F)c1)c1cnn(C)c1C. The van der Waals surface area contributed by atoms with Crippen molar-refractivity contribution < 1.29 is 4.39 Å². The lowest BCUT2D eigenvalue weighted by Gasteiger charge is -2.16. The molecule has 0 aliphatic heterocycles. The van der Waals surface area contributed by atoms with Crippen molar-refractivity contribution in [2.24, 2.45) is 7.05 Å². The molecule has 18 heavy (non-hydrogen) atoms. The van der Waals surface area contributed by atoms with Crippen LogP contribution in [-0.4, -0.2) is 16.8 Å². The number of halogens is 1. The van der Waals surface area contributed by atoms with E-state index in [1.807, 2.05) is 38.0 Å². The fourth-order valence-corrected chi connectivity index (χ4v) is 2.12. The highest BCUT2D eigenvalue weighted by Crippen LogP contribution is 2.21. The van der Waals surface area contributed by atoms with Gasteiger partial charge in [-0.2, -0.15) is 5.10 Å². The van der Waals surface area contributed by atoms with Gasteiger partial charge >= 0.3 is 0 Å². The summed E-state index contributed by atoms with van der Waals surface area (Å²) in [5.41, 5.74) is 3.27. The number of nitrogens with one attached hydrogen (secondary N) is 1. The Morgan fingerprint density at radius 1 is 1.44 bits per heavy atom. The molecule has 0 aliphatic carbocycles. The van der Waals surface area contributed by atoms with Crippen molar-refractivity contribution >= 4 is 0 Å². The third-order valence-corrected chi connectivity index (χ3v) is 3.33. The van der Waals surface area contributed by atoms with Gasteiger partial charge in [-0.15, -0.1) is 0 Å². The summed E-state index contributed by atoms with van der Waals surface area (Å²) in [5, 5.41) is 7.51. The number of nitrogens with zero attached hydrogens (tertiary/aromatic N) is 2. The Balaban J connectivity index is 2.22. The number of rotatable bonds is 4. The Labute approximate surface area is 107 Å².